The van der Waals surface area contributed by atoms with Crippen LogP contribution in [0.4, 0.5) is 5.69 Å². The van der Waals surface area contributed by atoms with Gasteiger partial charge in [0, 0.05) is 18.5 Å². The maximum atomic E-state index is 14.0. The SMILES string of the molecule is CNC(=O)[C@@H]1C[C@@H](O)C[N+]1(C)C1(c2cccc(C)c2OC)C(=O)Nc2ccc(Cl)cc21. The lowest BCUT2D eigenvalue weighted by Crippen LogP contribution is -2.68. The topological polar surface area (TPSA) is 87.7 Å². The molecule has 2 aliphatic rings. The molecule has 164 valence electrons. The Hall–Kier alpha value is -2.61. The minimum atomic E-state index is -1.34. The monoisotopic (exact) mass is 444 g/mol. The van der Waals surface area contributed by atoms with Gasteiger partial charge < -0.3 is 20.5 Å². The van der Waals surface area contributed by atoms with Crippen LogP contribution in [0.3, 0.4) is 0 Å². The van der Waals surface area contributed by atoms with E-state index in [2.05, 4.69) is 10.6 Å². The highest BCUT2D eigenvalue weighted by Gasteiger charge is 2.68. The highest BCUT2D eigenvalue weighted by Crippen LogP contribution is 2.55. The Labute approximate surface area is 186 Å². The quantitative estimate of drug-likeness (QED) is 0.631. The number of halogens is 1. The number of nitrogens with zero attached hydrogens (tertiary/aromatic N) is 1. The Morgan fingerprint density at radius 3 is 2.74 bits per heavy atom. The number of para-hydroxylation sites is 1. The second-order valence-corrected chi connectivity index (χ2v) is 8.92. The molecule has 1 saturated heterocycles. The van der Waals surface area contributed by atoms with Crippen LogP contribution in [0.5, 0.6) is 5.75 Å². The van der Waals surface area contributed by atoms with Crippen molar-refractivity contribution >= 4 is 29.1 Å². The van der Waals surface area contributed by atoms with Gasteiger partial charge in [0.2, 0.25) is 5.54 Å². The van der Waals surface area contributed by atoms with Crippen molar-refractivity contribution in [2.75, 3.05) is 33.1 Å². The van der Waals surface area contributed by atoms with Crippen molar-refractivity contribution in [1.82, 2.24) is 5.32 Å². The number of aliphatic hydroxyl groups excluding tert-OH is 1. The molecule has 31 heavy (non-hydrogen) atoms. The summed E-state index contributed by atoms with van der Waals surface area (Å²) in [5, 5.41) is 16.9. The summed E-state index contributed by atoms with van der Waals surface area (Å²) in [4.78, 5) is 26.9. The number of likely N-dealkylation sites (tertiary alicyclic amines) is 1. The second-order valence-electron chi connectivity index (χ2n) is 8.48. The van der Waals surface area contributed by atoms with Crippen LogP contribution in [-0.4, -0.2) is 61.3 Å². The highest BCUT2D eigenvalue weighted by molar-refractivity contribution is 6.31. The van der Waals surface area contributed by atoms with Crippen LogP contribution < -0.4 is 15.4 Å². The predicted molar refractivity (Wildman–Crippen MR) is 118 cm³/mol. The van der Waals surface area contributed by atoms with Gasteiger partial charge in [0.15, 0.2) is 6.04 Å². The first-order valence-corrected chi connectivity index (χ1v) is 10.6. The zero-order chi connectivity index (χ0) is 22.6. The Kier molecular flexibility index (Phi) is 5.24. The molecule has 8 heteroatoms. The molecule has 0 aliphatic carbocycles. The van der Waals surface area contributed by atoms with Crippen LogP contribution >= 0.6 is 11.6 Å². The zero-order valence-corrected chi connectivity index (χ0v) is 18.8. The molecule has 2 heterocycles. The van der Waals surface area contributed by atoms with E-state index in [-0.39, 0.29) is 29.3 Å². The molecule has 4 atom stereocenters. The summed E-state index contributed by atoms with van der Waals surface area (Å²) in [6.07, 6.45) is -0.495. The number of ether oxygens (including phenoxy) is 1. The number of hydrogen-bond acceptors (Lipinski definition) is 4. The fourth-order valence-electron chi connectivity index (χ4n) is 5.55. The molecule has 0 bridgehead atoms. The number of aryl methyl sites for hydroxylation is 1. The minimum Gasteiger partial charge on any atom is -0.496 e. The number of aliphatic hydroxyl groups is 1. The van der Waals surface area contributed by atoms with Crippen LogP contribution in [0.25, 0.3) is 0 Å². The molecule has 0 saturated carbocycles. The standard InChI is InChI=1S/C23H26ClN3O4/c1-13-6-5-7-16(20(13)31-4)23(17-10-14(24)8-9-18(17)26-22(23)30)27(3)12-15(28)11-19(27)21(29)25-2/h5-10,15,19,28H,11-12H2,1-4H3,(H-,25,26,29,30)/p+1/t15-,19+,23?,27?/m1/s1. The summed E-state index contributed by atoms with van der Waals surface area (Å²) in [6, 6.07) is 10.3. The fraction of sp³-hybridized carbons (Fsp3) is 0.391. The van der Waals surface area contributed by atoms with Gasteiger partial charge >= 0.3 is 0 Å². The summed E-state index contributed by atoms with van der Waals surface area (Å²) in [5.41, 5.74) is 1.46. The van der Waals surface area contributed by atoms with E-state index in [1.165, 1.54) is 0 Å². The van der Waals surface area contributed by atoms with Gasteiger partial charge in [-0.3, -0.25) is 14.1 Å². The fourth-order valence-corrected chi connectivity index (χ4v) is 5.72. The van der Waals surface area contributed by atoms with Gasteiger partial charge in [-0.1, -0.05) is 23.7 Å². The number of anilines is 1. The maximum Gasteiger partial charge on any atom is 0.295 e. The van der Waals surface area contributed by atoms with E-state index in [4.69, 9.17) is 16.3 Å². The maximum absolute atomic E-state index is 14.0. The number of fused-ring (bicyclic) bond motifs is 1. The molecule has 2 aliphatic heterocycles. The number of carbonyl (C=O) groups is 2. The van der Waals surface area contributed by atoms with Gasteiger partial charge in [0.05, 0.1) is 31.0 Å². The Bertz CT molecular complexity index is 1070. The summed E-state index contributed by atoms with van der Waals surface area (Å²) in [5.74, 6) is 0.0642. The number of rotatable bonds is 4. The number of methoxy groups -OCH3 is 1. The first kappa shape index (κ1) is 21.6. The largest absolute Gasteiger partial charge is 0.496 e. The molecular weight excluding hydrogens is 418 g/mol. The van der Waals surface area contributed by atoms with E-state index in [1.807, 2.05) is 32.2 Å². The van der Waals surface area contributed by atoms with E-state index in [0.29, 0.717) is 27.6 Å². The van der Waals surface area contributed by atoms with Crippen molar-refractivity contribution < 1.29 is 23.9 Å². The molecular formula is C23H27ClN3O4+. The minimum absolute atomic E-state index is 0.0349. The third kappa shape index (κ3) is 2.87. The number of carbonyl (C=O) groups excluding carboxylic acids is 2. The molecule has 2 amide bonds. The highest BCUT2D eigenvalue weighted by atomic mass is 35.5. The van der Waals surface area contributed by atoms with E-state index in [0.717, 1.165) is 5.56 Å². The number of nitrogens with one attached hydrogen (secondary N) is 2. The zero-order valence-electron chi connectivity index (χ0n) is 18.0. The first-order chi connectivity index (χ1) is 14.7. The van der Waals surface area contributed by atoms with Crippen LogP contribution in [0, 0.1) is 6.92 Å². The number of quaternary nitrogens is 1. The molecule has 2 aromatic rings. The van der Waals surface area contributed by atoms with Crippen LogP contribution in [-0.2, 0) is 15.1 Å². The molecule has 2 aromatic carbocycles. The summed E-state index contributed by atoms with van der Waals surface area (Å²) < 4.78 is 5.74. The Morgan fingerprint density at radius 1 is 1.32 bits per heavy atom. The number of benzene rings is 2. The summed E-state index contributed by atoms with van der Waals surface area (Å²) in [7, 11) is 4.99. The van der Waals surface area contributed by atoms with E-state index < -0.39 is 17.7 Å². The van der Waals surface area contributed by atoms with E-state index in [9.17, 15) is 14.7 Å². The second kappa shape index (κ2) is 7.51. The lowest BCUT2D eigenvalue weighted by molar-refractivity contribution is -0.953. The Morgan fingerprint density at radius 2 is 2.06 bits per heavy atom. The number of amides is 2. The molecule has 0 radical (unpaired) electrons. The van der Waals surface area contributed by atoms with Gasteiger partial charge in [0.25, 0.3) is 11.8 Å². The lowest BCUT2D eigenvalue weighted by atomic mass is 9.78. The molecule has 0 spiro atoms. The van der Waals surface area contributed by atoms with Crippen molar-refractivity contribution in [1.29, 1.82) is 0 Å². The molecule has 4 rings (SSSR count). The normalized spacial score (nSPS) is 29.4. The van der Waals surface area contributed by atoms with Gasteiger partial charge in [-0.05, 0) is 36.8 Å². The molecule has 0 aromatic heterocycles. The average molecular weight is 445 g/mol. The van der Waals surface area contributed by atoms with Gasteiger partial charge in [-0.25, -0.2) is 0 Å². The van der Waals surface area contributed by atoms with Crippen molar-refractivity contribution in [2.45, 2.75) is 31.0 Å². The third-order valence-corrected chi connectivity index (χ3v) is 7.08. The van der Waals surface area contributed by atoms with Crippen LogP contribution in [0.2, 0.25) is 5.02 Å². The first-order valence-electron chi connectivity index (χ1n) is 10.2. The molecule has 2 unspecified atom stereocenters. The number of likely N-dealkylation sites (N-methyl/N-ethyl adjacent to an activating group) is 2. The summed E-state index contributed by atoms with van der Waals surface area (Å²) >= 11 is 6.39. The smallest absolute Gasteiger partial charge is 0.295 e. The van der Waals surface area contributed by atoms with E-state index in [1.54, 1.807) is 32.4 Å². The van der Waals surface area contributed by atoms with E-state index >= 15 is 0 Å². The predicted octanol–water partition coefficient (Wildman–Crippen LogP) is 2.18. The van der Waals surface area contributed by atoms with Crippen molar-refractivity contribution in [3.63, 3.8) is 0 Å². The van der Waals surface area contributed by atoms with Gasteiger partial charge in [0.1, 0.15) is 18.4 Å². The lowest BCUT2D eigenvalue weighted by Gasteiger charge is -2.48. The molecule has 3 N–H and O–H groups in total. The van der Waals surface area contributed by atoms with Crippen LogP contribution in [0.15, 0.2) is 36.4 Å². The van der Waals surface area contributed by atoms with Crippen LogP contribution in [0.1, 0.15) is 23.1 Å². The Balaban J connectivity index is 2.13. The average Bonchev–Trinajstić information content (AvgIpc) is 3.20. The van der Waals surface area contributed by atoms with Crippen molar-refractivity contribution in [2.24, 2.45) is 0 Å². The summed E-state index contributed by atoms with van der Waals surface area (Å²) in [6.45, 7) is 2.13. The van der Waals surface area contributed by atoms with Crippen molar-refractivity contribution in [3.05, 3.63) is 58.1 Å². The molecule has 7 nitrogen and oxygen atoms in total. The van der Waals surface area contributed by atoms with Gasteiger partial charge in [-0.2, -0.15) is 0 Å². The third-order valence-electron chi connectivity index (χ3n) is 6.84. The van der Waals surface area contributed by atoms with Crippen molar-refractivity contribution in [3.8, 4) is 5.75 Å². The van der Waals surface area contributed by atoms with Gasteiger partial charge in [-0.15, -0.1) is 0 Å². The number of hydrogen-bond donors (Lipinski definition) is 3. The molecule has 1 fully saturated rings.